The van der Waals surface area contributed by atoms with E-state index in [-0.39, 0.29) is 0 Å². The maximum Gasteiger partial charge on any atom is 0.332 e. The molecule has 1 N–H and O–H groups in total. The number of aliphatic hydroxyl groups is 1. The Morgan fingerprint density at radius 2 is 1.86 bits per heavy atom. The molecule has 0 spiro atoms. The average Bonchev–Trinajstić information content (AvgIpc) is 2.50. The number of nitrogens with zero attached hydrogens (tertiary/aromatic N) is 1. The molecule has 1 amide bonds. The standard InChI is InChI=1S/C15H19NO5/c1-9(2)15(19)12(13(17)21-4)16(14(15)18)10-5-7-11(20-3)8-6-10/h5-9,12,19H,1-4H3/t12-,15-/m1/s1. The first-order valence-electron chi connectivity index (χ1n) is 6.65. The summed E-state index contributed by atoms with van der Waals surface area (Å²) < 4.78 is 9.78. The number of hydrogen-bond acceptors (Lipinski definition) is 5. The van der Waals surface area contributed by atoms with E-state index in [9.17, 15) is 14.7 Å². The Morgan fingerprint density at radius 3 is 2.29 bits per heavy atom. The van der Waals surface area contributed by atoms with Crippen LogP contribution in [-0.2, 0) is 14.3 Å². The summed E-state index contributed by atoms with van der Waals surface area (Å²) in [5.74, 6) is -0.899. The Morgan fingerprint density at radius 1 is 1.29 bits per heavy atom. The smallest absolute Gasteiger partial charge is 0.332 e. The van der Waals surface area contributed by atoms with E-state index in [4.69, 9.17) is 9.47 Å². The highest BCUT2D eigenvalue weighted by molar-refractivity contribution is 6.15. The van der Waals surface area contributed by atoms with Crippen LogP contribution in [0.5, 0.6) is 5.75 Å². The predicted octanol–water partition coefficient (Wildman–Crippen LogP) is 0.970. The summed E-state index contributed by atoms with van der Waals surface area (Å²) in [6.45, 7) is 3.39. The van der Waals surface area contributed by atoms with Gasteiger partial charge in [-0.2, -0.15) is 0 Å². The van der Waals surface area contributed by atoms with Crippen LogP contribution in [0.25, 0.3) is 0 Å². The number of β-lactam (4-membered cyclic amide) rings is 1. The van der Waals surface area contributed by atoms with E-state index < -0.39 is 29.4 Å². The molecule has 6 nitrogen and oxygen atoms in total. The van der Waals surface area contributed by atoms with Crippen molar-refractivity contribution in [3.05, 3.63) is 24.3 Å². The fourth-order valence-electron chi connectivity index (χ4n) is 2.53. The van der Waals surface area contributed by atoms with Gasteiger partial charge in [-0.1, -0.05) is 13.8 Å². The highest BCUT2D eigenvalue weighted by Crippen LogP contribution is 2.41. The molecule has 1 aromatic carbocycles. The van der Waals surface area contributed by atoms with Gasteiger partial charge in [0.05, 0.1) is 14.2 Å². The van der Waals surface area contributed by atoms with Gasteiger partial charge in [0, 0.05) is 5.69 Å². The van der Waals surface area contributed by atoms with Gasteiger partial charge in [-0.15, -0.1) is 0 Å². The van der Waals surface area contributed by atoms with Gasteiger partial charge >= 0.3 is 5.97 Å². The third kappa shape index (κ3) is 2.15. The second-order valence-corrected chi connectivity index (χ2v) is 5.28. The molecule has 0 bridgehead atoms. The van der Waals surface area contributed by atoms with E-state index in [0.29, 0.717) is 11.4 Å². The van der Waals surface area contributed by atoms with Crippen molar-refractivity contribution < 1.29 is 24.2 Å². The summed E-state index contributed by atoms with van der Waals surface area (Å²) in [6, 6.07) is 5.65. The molecular weight excluding hydrogens is 274 g/mol. The summed E-state index contributed by atoms with van der Waals surface area (Å²) in [5.41, 5.74) is -1.21. The fraction of sp³-hybridized carbons (Fsp3) is 0.467. The number of hydrogen-bond donors (Lipinski definition) is 1. The molecule has 114 valence electrons. The first-order valence-corrected chi connectivity index (χ1v) is 6.65. The first-order chi connectivity index (χ1) is 9.87. The number of anilines is 1. The fourth-order valence-corrected chi connectivity index (χ4v) is 2.53. The van der Waals surface area contributed by atoms with E-state index in [0.717, 1.165) is 0 Å². The Labute approximate surface area is 123 Å². The van der Waals surface area contributed by atoms with Crippen molar-refractivity contribution >= 4 is 17.6 Å². The third-order valence-electron chi connectivity index (χ3n) is 3.89. The number of carbonyl (C=O) groups excluding carboxylic acids is 2. The number of methoxy groups -OCH3 is 2. The highest BCUT2D eigenvalue weighted by Gasteiger charge is 2.66. The van der Waals surface area contributed by atoms with Crippen LogP contribution in [0.1, 0.15) is 13.8 Å². The minimum absolute atomic E-state index is 0.399. The summed E-state index contributed by atoms with van der Waals surface area (Å²) in [5, 5.41) is 10.5. The molecule has 0 saturated carbocycles. The highest BCUT2D eigenvalue weighted by atomic mass is 16.5. The van der Waals surface area contributed by atoms with Crippen LogP contribution in [0.3, 0.4) is 0 Å². The Kier molecular flexibility index (Phi) is 3.91. The van der Waals surface area contributed by atoms with Crippen molar-refractivity contribution in [3.63, 3.8) is 0 Å². The van der Waals surface area contributed by atoms with Crippen LogP contribution in [0.2, 0.25) is 0 Å². The monoisotopic (exact) mass is 293 g/mol. The molecule has 0 aliphatic carbocycles. The Bertz CT molecular complexity index is 554. The predicted molar refractivity (Wildman–Crippen MR) is 76.1 cm³/mol. The van der Waals surface area contributed by atoms with Crippen molar-refractivity contribution in [1.29, 1.82) is 0 Å². The zero-order valence-corrected chi connectivity index (χ0v) is 12.5. The lowest BCUT2D eigenvalue weighted by Crippen LogP contribution is -2.79. The number of amides is 1. The van der Waals surface area contributed by atoms with Gasteiger partial charge in [-0.05, 0) is 30.2 Å². The van der Waals surface area contributed by atoms with E-state index >= 15 is 0 Å². The molecule has 21 heavy (non-hydrogen) atoms. The van der Waals surface area contributed by atoms with Gasteiger partial charge in [0.2, 0.25) is 0 Å². The second-order valence-electron chi connectivity index (χ2n) is 5.28. The normalized spacial score (nSPS) is 24.8. The van der Waals surface area contributed by atoms with Crippen molar-refractivity contribution in [1.82, 2.24) is 0 Å². The maximum atomic E-state index is 12.3. The minimum Gasteiger partial charge on any atom is -0.497 e. The zero-order valence-electron chi connectivity index (χ0n) is 12.5. The molecule has 1 aliphatic heterocycles. The van der Waals surface area contributed by atoms with Crippen LogP contribution in [-0.4, -0.2) is 42.8 Å². The molecular formula is C15H19NO5. The lowest BCUT2D eigenvalue weighted by atomic mass is 9.73. The lowest BCUT2D eigenvalue weighted by molar-refractivity contribution is -0.174. The van der Waals surface area contributed by atoms with Crippen molar-refractivity contribution in [2.45, 2.75) is 25.5 Å². The van der Waals surface area contributed by atoms with Gasteiger partial charge in [-0.3, -0.25) is 9.69 Å². The molecule has 1 heterocycles. The largest absolute Gasteiger partial charge is 0.497 e. The number of rotatable bonds is 4. The second kappa shape index (κ2) is 5.37. The molecule has 0 aromatic heterocycles. The maximum absolute atomic E-state index is 12.3. The molecule has 2 atom stereocenters. The average molecular weight is 293 g/mol. The molecule has 1 fully saturated rings. The van der Waals surface area contributed by atoms with Crippen LogP contribution in [0, 0.1) is 5.92 Å². The summed E-state index contributed by atoms with van der Waals surface area (Å²) in [6.07, 6.45) is 0. The zero-order chi connectivity index (χ0) is 15.8. The minimum atomic E-state index is -1.73. The van der Waals surface area contributed by atoms with Crippen molar-refractivity contribution in [3.8, 4) is 5.75 Å². The van der Waals surface area contributed by atoms with Gasteiger partial charge in [0.15, 0.2) is 11.6 Å². The molecule has 1 aliphatic rings. The van der Waals surface area contributed by atoms with Crippen LogP contribution in [0.4, 0.5) is 5.69 Å². The van der Waals surface area contributed by atoms with Crippen LogP contribution in [0.15, 0.2) is 24.3 Å². The number of carbonyl (C=O) groups is 2. The van der Waals surface area contributed by atoms with Gasteiger partial charge in [-0.25, -0.2) is 4.79 Å². The molecule has 1 aromatic rings. The van der Waals surface area contributed by atoms with Crippen molar-refractivity contribution in [2.24, 2.45) is 5.92 Å². The van der Waals surface area contributed by atoms with E-state index in [2.05, 4.69) is 0 Å². The van der Waals surface area contributed by atoms with Gasteiger partial charge in [0.1, 0.15) is 5.75 Å². The molecule has 6 heteroatoms. The number of benzene rings is 1. The van der Waals surface area contributed by atoms with Crippen LogP contribution >= 0.6 is 0 Å². The molecule has 2 rings (SSSR count). The van der Waals surface area contributed by atoms with E-state index in [1.165, 1.54) is 12.0 Å². The number of ether oxygens (including phenoxy) is 2. The van der Waals surface area contributed by atoms with Gasteiger partial charge in [0.25, 0.3) is 5.91 Å². The van der Waals surface area contributed by atoms with Gasteiger partial charge < -0.3 is 14.6 Å². The summed E-state index contributed by atoms with van der Waals surface area (Å²) in [4.78, 5) is 25.6. The Hall–Kier alpha value is -2.08. The topological polar surface area (TPSA) is 76.1 Å². The SMILES string of the molecule is COC(=O)[C@H]1N(c2ccc(OC)cc2)C(=O)[C@@]1(O)C(C)C. The lowest BCUT2D eigenvalue weighted by Gasteiger charge is -2.52. The van der Waals surface area contributed by atoms with E-state index in [1.807, 2.05) is 0 Å². The third-order valence-corrected chi connectivity index (χ3v) is 3.89. The summed E-state index contributed by atoms with van der Waals surface area (Å²) in [7, 11) is 2.77. The molecule has 0 unspecified atom stereocenters. The van der Waals surface area contributed by atoms with Crippen LogP contribution < -0.4 is 9.64 Å². The quantitative estimate of drug-likeness (QED) is 0.661. The first kappa shape index (κ1) is 15.3. The number of esters is 1. The molecule has 0 radical (unpaired) electrons. The van der Waals surface area contributed by atoms with Crippen molar-refractivity contribution in [2.75, 3.05) is 19.1 Å². The summed E-state index contributed by atoms with van der Waals surface area (Å²) >= 11 is 0. The Balaban J connectivity index is 2.38. The molecule has 1 saturated heterocycles. The van der Waals surface area contributed by atoms with E-state index in [1.54, 1.807) is 45.2 Å².